The number of hydrogen-bond acceptors (Lipinski definition) is 3. The largest absolute Gasteiger partial charge is 0.326 e. The number of fused-ring (bicyclic) bond motifs is 1. The fourth-order valence-electron chi connectivity index (χ4n) is 3.40. The van der Waals surface area contributed by atoms with Crippen LogP contribution in [0.15, 0.2) is 48.7 Å². The van der Waals surface area contributed by atoms with Gasteiger partial charge in [0.2, 0.25) is 0 Å². The topological polar surface area (TPSA) is 34.0 Å². The van der Waals surface area contributed by atoms with Crippen molar-refractivity contribution in [2.24, 2.45) is 0 Å². The summed E-state index contributed by atoms with van der Waals surface area (Å²) in [5, 5.41) is 0. The molecular weight excluding hydrogens is 296 g/mol. The Morgan fingerprint density at radius 1 is 1.04 bits per heavy atom. The quantitative estimate of drug-likeness (QED) is 0.740. The summed E-state index contributed by atoms with van der Waals surface area (Å²) in [6.45, 7) is 7.94. The van der Waals surface area contributed by atoms with E-state index in [9.17, 15) is 0 Å². The smallest absolute Gasteiger partial charge is 0.123 e. The van der Waals surface area contributed by atoms with Gasteiger partial charge in [0.25, 0.3) is 0 Å². The normalized spacial score (nSPS) is 14.6. The van der Waals surface area contributed by atoms with Crippen LogP contribution in [0.1, 0.15) is 22.8 Å². The molecule has 0 N–H and O–H groups in total. The van der Waals surface area contributed by atoms with Gasteiger partial charge in [-0.05, 0) is 32.0 Å². The minimum absolute atomic E-state index is 0.876. The standard InChI is InChI=1S/C20H22N4/c1-15-5-3-7-17(11-15)19-12-21-20-14-23(9-10-24(19)20)13-18-8-4-6-16(2)22-18/h3-8,11-12H,9-10,13-14H2,1-2H3. The van der Waals surface area contributed by atoms with Crippen molar-refractivity contribution >= 4 is 0 Å². The third-order valence-corrected chi connectivity index (χ3v) is 4.59. The van der Waals surface area contributed by atoms with Gasteiger partial charge < -0.3 is 4.57 Å². The highest BCUT2D eigenvalue weighted by atomic mass is 15.2. The van der Waals surface area contributed by atoms with E-state index in [4.69, 9.17) is 0 Å². The van der Waals surface area contributed by atoms with Crippen LogP contribution >= 0.6 is 0 Å². The fraction of sp³-hybridized carbons (Fsp3) is 0.300. The molecule has 0 aliphatic carbocycles. The summed E-state index contributed by atoms with van der Waals surface area (Å²) in [7, 11) is 0. The highest BCUT2D eigenvalue weighted by Crippen LogP contribution is 2.25. The van der Waals surface area contributed by atoms with Gasteiger partial charge in [-0.15, -0.1) is 0 Å². The van der Waals surface area contributed by atoms with Crippen LogP contribution in [0.4, 0.5) is 0 Å². The van der Waals surface area contributed by atoms with Gasteiger partial charge in [-0.25, -0.2) is 4.98 Å². The second-order valence-corrected chi connectivity index (χ2v) is 6.56. The predicted octanol–water partition coefficient (Wildman–Crippen LogP) is 3.58. The molecule has 2 aromatic heterocycles. The van der Waals surface area contributed by atoms with E-state index < -0.39 is 0 Å². The van der Waals surface area contributed by atoms with Crippen LogP contribution in [-0.2, 0) is 19.6 Å². The molecule has 0 bridgehead atoms. The van der Waals surface area contributed by atoms with Gasteiger partial charge in [0, 0.05) is 30.9 Å². The molecule has 0 spiro atoms. The Morgan fingerprint density at radius 3 is 2.75 bits per heavy atom. The number of nitrogens with zero attached hydrogens (tertiary/aromatic N) is 4. The first-order valence-corrected chi connectivity index (χ1v) is 8.45. The molecule has 3 heterocycles. The molecule has 0 radical (unpaired) electrons. The molecule has 1 aliphatic heterocycles. The molecule has 24 heavy (non-hydrogen) atoms. The third-order valence-electron chi connectivity index (χ3n) is 4.59. The number of benzene rings is 1. The van der Waals surface area contributed by atoms with Crippen molar-refractivity contribution in [2.75, 3.05) is 6.54 Å². The van der Waals surface area contributed by atoms with Crippen LogP contribution in [0.5, 0.6) is 0 Å². The van der Waals surface area contributed by atoms with E-state index in [1.807, 2.05) is 19.2 Å². The second-order valence-electron chi connectivity index (χ2n) is 6.56. The lowest BCUT2D eigenvalue weighted by molar-refractivity contribution is 0.207. The van der Waals surface area contributed by atoms with E-state index in [1.54, 1.807) is 0 Å². The first-order valence-electron chi connectivity index (χ1n) is 8.45. The maximum atomic E-state index is 4.67. The number of imidazole rings is 1. The first kappa shape index (κ1) is 15.1. The Kier molecular flexibility index (Phi) is 3.90. The second kappa shape index (κ2) is 6.21. The van der Waals surface area contributed by atoms with Crippen molar-refractivity contribution in [3.8, 4) is 11.3 Å². The molecule has 0 atom stereocenters. The minimum Gasteiger partial charge on any atom is -0.326 e. The zero-order chi connectivity index (χ0) is 16.5. The zero-order valence-electron chi connectivity index (χ0n) is 14.2. The molecular formula is C20H22N4. The Labute approximate surface area is 142 Å². The Balaban J connectivity index is 1.54. The Morgan fingerprint density at radius 2 is 1.92 bits per heavy atom. The summed E-state index contributed by atoms with van der Waals surface area (Å²) in [4.78, 5) is 11.7. The lowest BCUT2D eigenvalue weighted by Gasteiger charge is -2.28. The van der Waals surface area contributed by atoms with Crippen LogP contribution in [0, 0.1) is 13.8 Å². The minimum atomic E-state index is 0.876. The van der Waals surface area contributed by atoms with Crippen molar-refractivity contribution in [1.29, 1.82) is 0 Å². The summed E-state index contributed by atoms with van der Waals surface area (Å²) in [6.07, 6.45) is 2.01. The van der Waals surface area contributed by atoms with Gasteiger partial charge in [-0.2, -0.15) is 0 Å². The van der Waals surface area contributed by atoms with Crippen LogP contribution in [-0.4, -0.2) is 26.0 Å². The van der Waals surface area contributed by atoms with E-state index in [1.165, 1.54) is 16.8 Å². The molecule has 0 unspecified atom stereocenters. The van der Waals surface area contributed by atoms with E-state index in [2.05, 4.69) is 62.8 Å². The van der Waals surface area contributed by atoms with Crippen molar-refractivity contribution in [3.63, 3.8) is 0 Å². The van der Waals surface area contributed by atoms with Gasteiger partial charge in [0.1, 0.15) is 5.82 Å². The molecule has 0 amide bonds. The van der Waals surface area contributed by atoms with Gasteiger partial charge in [-0.1, -0.05) is 29.8 Å². The van der Waals surface area contributed by atoms with Crippen LogP contribution < -0.4 is 0 Å². The van der Waals surface area contributed by atoms with Crippen molar-refractivity contribution in [1.82, 2.24) is 19.4 Å². The molecule has 4 rings (SSSR count). The average molecular weight is 318 g/mol. The van der Waals surface area contributed by atoms with Crippen LogP contribution in [0.25, 0.3) is 11.3 Å². The van der Waals surface area contributed by atoms with Crippen molar-refractivity contribution < 1.29 is 0 Å². The van der Waals surface area contributed by atoms with E-state index in [0.29, 0.717) is 0 Å². The zero-order valence-corrected chi connectivity index (χ0v) is 14.2. The SMILES string of the molecule is Cc1cccc(-c2cnc3n2CCN(Cc2cccc(C)n2)C3)c1. The van der Waals surface area contributed by atoms with Gasteiger partial charge in [0.15, 0.2) is 0 Å². The maximum Gasteiger partial charge on any atom is 0.123 e. The van der Waals surface area contributed by atoms with Crippen molar-refractivity contribution in [3.05, 3.63) is 71.4 Å². The fourth-order valence-corrected chi connectivity index (χ4v) is 3.40. The summed E-state index contributed by atoms with van der Waals surface area (Å²) in [5.74, 6) is 1.14. The van der Waals surface area contributed by atoms with E-state index in [0.717, 1.165) is 43.4 Å². The van der Waals surface area contributed by atoms with Gasteiger partial charge in [0.05, 0.1) is 24.1 Å². The molecule has 0 fully saturated rings. The Hall–Kier alpha value is -2.46. The van der Waals surface area contributed by atoms with E-state index in [-0.39, 0.29) is 0 Å². The molecule has 1 aromatic carbocycles. The summed E-state index contributed by atoms with van der Waals surface area (Å²) < 4.78 is 2.36. The molecule has 4 heteroatoms. The molecule has 122 valence electrons. The van der Waals surface area contributed by atoms with Crippen LogP contribution in [0.3, 0.4) is 0 Å². The van der Waals surface area contributed by atoms with Crippen LogP contribution in [0.2, 0.25) is 0 Å². The molecule has 0 saturated carbocycles. The number of hydrogen-bond donors (Lipinski definition) is 0. The van der Waals surface area contributed by atoms with E-state index >= 15 is 0 Å². The number of aryl methyl sites for hydroxylation is 2. The Bertz CT molecular complexity index is 866. The van der Waals surface area contributed by atoms with Gasteiger partial charge in [-0.3, -0.25) is 9.88 Å². The molecule has 1 aliphatic rings. The number of aromatic nitrogens is 3. The monoisotopic (exact) mass is 318 g/mol. The third kappa shape index (κ3) is 2.97. The van der Waals surface area contributed by atoms with Gasteiger partial charge >= 0.3 is 0 Å². The highest BCUT2D eigenvalue weighted by molar-refractivity contribution is 5.60. The number of rotatable bonds is 3. The number of pyridine rings is 1. The summed E-state index contributed by atoms with van der Waals surface area (Å²) in [6, 6.07) is 14.9. The molecule has 0 saturated heterocycles. The molecule has 4 nitrogen and oxygen atoms in total. The summed E-state index contributed by atoms with van der Waals surface area (Å²) in [5.41, 5.74) is 5.97. The first-order chi connectivity index (χ1) is 11.7. The molecule has 3 aromatic rings. The maximum absolute atomic E-state index is 4.67. The lowest BCUT2D eigenvalue weighted by Crippen LogP contribution is -2.33. The lowest BCUT2D eigenvalue weighted by atomic mass is 10.1. The average Bonchev–Trinajstić information content (AvgIpc) is 2.98. The summed E-state index contributed by atoms with van der Waals surface area (Å²) >= 11 is 0. The highest BCUT2D eigenvalue weighted by Gasteiger charge is 2.20. The van der Waals surface area contributed by atoms with Crippen molar-refractivity contribution in [2.45, 2.75) is 33.5 Å². The predicted molar refractivity (Wildman–Crippen MR) is 95.5 cm³/mol.